The molecule has 1 fully saturated rings. The summed E-state index contributed by atoms with van der Waals surface area (Å²) in [5.41, 5.74) is 6.02. The van der Waals surface area contributed by atoms with Gasteiger partial charge in [0.15, 0.2) is 5.96 Å². The summed E-state index contributed by atoms with van der Waals surface area (Å²) >= 11 is 0. The summed E-state index contributed by atoms with van der Waals surface area (Å²) in [5.74, 6) is 1.25. The maximum atomic E-state index is 6.02. The Balaban J connectivity index is 2.02. The van der Waals surface area contributed by atoms with E-state index in [-0.39, 0.29) is 0 Å². The second-order valence-electron chi connectivity index (χ2n) is 5.04. The molecular weight excluding hydrogens is 202 g/mol. The number of nitrogens with two attached hydrogens (primary N) is 1. The third-order valence-corrected chi connectivity index (χ3v) is 3.87. The van der Waals surface area contributed by atoms with Gasteiger partial charge < -0.3 is 15.4 Å². The molecule has 0 spiro atoms. The second kappa shape index (κ2) is 5.04. The van der Waals surface area contributed by atoms with Crippen molar-refractivity contribution < 1.29 is 4.74 Å². The highest BCUT2D eigenvalue weighted by Gasteiger charge is 2.36. The van der Waals surface area contributed by atoms with Crippen molar-refractivity contribution in [2.45, 2.75) is 44.7 Å². The van der Waals surface area contributed by atoms with Crippen LogP contribution in [0.25, 0.3) is 0 Å². The molecular formula is C12H23N3O. The molecule has 16 heavy (non-hydrogen) atoms. The number of methoxy groups -OCH3 is 1. The normalized spacial score (nSPS) is 28.5. The molecule has 2 N–H and O–H groups in total. The number of hydrogen-bond acceptors (Lipinski definition) is 4. The van der Waals surface area contributed by atoms with E-state index in [4.69, 9.17) is 10.5 Å². The Morgan fingerprint density at radius 2 is 2.19 bits per heavy atom. The Morgan fingerprint density at radius 3 is 2.81 bits per heavy atom. The van der Waals surface area contributed by atoms with Crippen LogP contribution in [0.1, 0.15) is 32.6 Å². The molecule has 2 unspecified atom stereocenters. The third kappa shape index (κ3) is 2.17. The lowest BCUT2D eigenvalue weighted by atomic mass is 10.0. The van der Waals surface area contributed by atoms with Gasteiger partial charge in [-0.05, 0) is 12.8 Å². The summed E-state index contributed by atoms with van der Waals surface area (Å²) in [5, 5.41) is 0. The molecule has 0 aromatic rings. The standard InChI is InChI=1S/C12H23N3O/c1-9(8-16-2)11-7-14-12(13)15(11)10-5-3-4-6-10/h9-11H,3-8H2,1-2H3,(H2,13,14). The summed E-state index contributed by atoms with van der Waals surface area (Å²) in [4.78, 5) is 6.77. The van der Waals surface area contributed by atoms with Crippen molar-refractivity contribution in [3.05, 3.63) is 0 Å². The van der Waals surface area contributed by atoms with E-state index in [1.165, 1.54) is 25.7 Å². The van der Waals surface area contributed by atoms with Crippen molar-refractivity contribution in [1.29, 1.82) is 0 Å². The Bertz CT molecular complexity index is 261. The number of rotatable bonds is 4. The Morgan fingerprint density at radius 1 is 1.50 bits per heavy atom. The van der Waals surface area contributed by atoms with Crippen LogP contribution < -0.4 is 5.73 Å². The fourth-order valence-electron chi connectivity index (χ4n) is 2.99. The van der Waals surface area contributed by atoms with Gasteiger partial charge in [-0.2, -0.15) is 0 Å². The largest absolute Gasteiger partial charge is 0.384 e. The highest BCUT2D eigenvalue weighted by Crippen LogP contribution is 2.29. The zero-order valence-corrected chi connectivity index (χ0v) is 10.4. The van der Waals surface area contributed by atoms with Crippen LogP contribution in [0.15, 0.2) is 4.99 Å². The molecule has 0 saturated heterocycles. The molecule has 92 valence electrons. The molecule has 4 nitrogen and oxygen atoms in total. The number of guanidine groups is 1. The fourth-order valence-corrected chi connectivity index (χ4v) is 2.99. The molecule has 0 aromatic carbocycles. The topological polar surface area (TPSA) is 50.9 Å². The van der Waals surface area contributed by atoms with Gasteiger partial charge in [0.25, 0.3) is 0 Å². The quantitative estimate of drug-likeness (QED) is 0.782. The average molecular weight is 225 g/mol. The highest BCUT2D eigenvalue weighted by molar-refractivity contribution is 5.80. The van der Waals surface area contributed by atoms with E-state index in [0.29, 0.717) is 18.0 Å². The molecule has 2 aliphatic rings. The van der Waals surface area contributed by atoms with Crippen LogP contribution in [0.2, 0.25) is 0 Å². The van der Waals surface area contributed by atoms with E-state index in [0.717, 1.165) is 19.1 Å². The average Bonchev–Trinajstić information content (AvgIpc) is 2.86. The van der Waals surface area contributed by atoms with Crippen LogP contribution in [0.4, 0.5) is 0 Å². The van der Waals surface area contributed by atoms with Crippen molar-refractivity contribution in [3.63, 3.8) is 0 Å². The van der Waals surface area contributed by atoms with Gasteiger partial charge >= 0.3 is 0 Å². The number of nitrogens with zero attached hydrogens (tertiary/aromatic N) is 2. The van der Waals surface area contributed by atoms with E-state index in [2.05, 4.69) is 16.8 Å². The van der Waals surface area contributed by atoms with Crippen LogP contribution in [0.3, 0.4) is 0 Å². The SMILES string of the molecule is COCC(C)C1CN=C(N)N1C1CCCC1. The lowest BCUT2D eigenvalue weighted by Crippen LogP contribution is -2.49. The van der Waals surface area contributed by atoms with E-state index in [1.807, 2.05) is 0 Å². The minimum Gasteiger partial charge on any atom is -0.384 e. The van der Waals surface area contributed by atoms with Crippen LogP contribution >= 0.6 is 0 Å². The van der Waals surface area contributed by atoms with Gasteiger partial charge in [-0.25, -0.2) is 0 Å². The fraction of sp³-hybridized carbons (Fsp3) is 0.917. The monoisotopic (exact) mass is 225 g/mol. The predicted octanol–water partition coefficient (Wildman–Crippen LogP) is 1.21. The van der Waals surface area contributed by atoms with Crippen molar-refractivity contribution in [1.82, 2.24) is 4.90 Å². The molecule has 1 saturated carbocycles. The molecule has 4 heteroatoms. The molecule has 0 amide bonds. The summed E-state index contributed by atoms with van der Waals surface area (Å²) < 4.78 is 5.24. The molecule has 1 heterocycles. The molecule has 1 aliphatic heterocycles. The lowest BCUT2D eigenvalue weighted by molar-refractivity contribution is 0.108. The van der Waals surface area contributed by atoms with Crippen LogP contribution in [0.5, 0.6) is 0 Å². The first-order valence-corrected chi connectivity index (χ1v) is 6.31. The zero-order chi connectivity index (χ0) is 11.5. The molecule has 1 aliphatic carbocycles. The molecule has 2 rings (SSSR count). The molecule has 0 bridgehead atoms. The predicted molar refractivity (Wildman–Crippen MR) is 65.4 cm³/mol. The third-order valence-electron chi connectivity index (χ3n) is 3.87. The lowest BCUT2D eigenvalue weighted by Gasteiger charge is -2.35. The first-order chi connectivity index (χ1) is 7.74. The van der Waals surface area contributed by atoms with E-state index >= 15 is 0 Å². The Labute approximate surface area is 97.9 Å². The Kier molecular flexibility index (Phi) is 3.69. The number of aliphatic imine (C=N–C) groups is 1. The van der Waals surface area contributed by atoms with Gasteiger partial charge in [0.1, 0.15) is 0 Å². The minimum atomic E-state index is 0.447. The van der Waals surface area contributed by atoms with E-state index < -0.39 is 0 Å². The van der Waals surface area contributed by atoms with Gasteiger partial charge in [-0.1, -0.05) is 19.8 Å². The molecule has 0 aromatic heterocycles. The van der Waals surface area contributed by atoms with Gasteiger partial charge in [0, 0.05) is 19.1 Å². The van der Waals surface area contributed by atoms with Gasteiger partial charge in [0.05, 0.1) is 19.2 Å². The first kappa shape index (κ1) is 11.7. The van der Waals surface area contributed by atoms with Crippen molar-refractivity contribution in [2.75, 3.05) is 20.3 Å². The maximum absolute atomic E-state index is 6.02. The van der Waals surface area contributed by atoms with E-state index in [1.54, 1.807) is 7.11 Å². The summed E-state index contributed by atoms with van der Waals surface area (Å²) in [6, 6.07) is 1.07. The zero-order valence-electron chi connectivity index (χ0n) is 10.4. The maximum Gasteiger partial charge on any atom is 0.191 e. The first-order valence-electron chi connectivity index (χ1n) is 6.31. The van der Waals surface area contributed by atoms with Crippen molar-refractivity contribution >= 4 is 5.96 Å². The van der Waals surface area contributed by atoms with Crippen molar-refractivity contribution in [3.8, 4) is 0 Å². The molecule has 0 radical (unpaired) electrons. The Hall–Kier alpha value is -0.770. The summed E-state index contributed by atoms with van der Waals surface area (Å²) in [6.07, 6.45) is 5.21. The van der Waals surface area contributed by atoms with Gasteiger partial charge in [-0.3, -0.25) is 4.99 Å². The number of hydrogen-bond donors (Lipinski definition) is 1. The van der Waals surface area contributed by atoms with Crippen LogP contribution in [0, 0.1) is 5.92 Å². The van der Waals surface area contributed by atoms with Gasteiger partial charge in [-0.15, -0.1) is 0 Å². The van der Waals surface area contributed by atoms with Crippen LogP contribution in [-0.4, -0.2) is 43.2 Å². The highest BCUT2D eigenvalue weighted by atomic mass is 16.5. The minimum absolute atomic E-state index is 0.447. The summed E-state index contributed by atoms with van der Waals surface area (Å²) in [6.45, 7) is 3.85. The summed E-state index contributed by atoms with van der Waals surface area (Å²) in [7, 11) is 1.76. The smallest absolute Gasteiger partial charge is 0.191 e. The second-order valence-corrected chi connectivity index (χ2v) is 5.04. The number of ether oxygens (including phenoxy) is 1. The van der Waals surface area contributed by atoms with Crippen molar-refractivity contribution in [2.24, 2.45) is 16.6 Å². The molecule has 2 atom stereocenters. The van der Waals surface area contributed by atoms with Crippen LogP contribution in [-0.2, 0) is 4.74 Å². The van der Waals surface area contributed by atoms with Gasteiger partial charge in [0.2, 0.25) is 0 Å². The van der Waals surface area contributed by atoms with E-state index in [9.17, 15) is 0 Å².